The zero-order valence-corrected chi connectivity index (χ0v) is 15.9. The smallest absolute Gasteiger partial charge is 0.266 e. The molecule has 3 rings (SSSR count). The van der Waals surface area contributed by atoms with Gasteiger partial charge in [0.15, 0.2) is 5.78 Å². The minimum atomic E-state index is -0.463. The van der Waals surface area contributed by atoms with Crippen molar-refractivity contribution in [2.24, 2.45) is 5.41 Å². The molecule has 24 heavy (non-hydrogen) atoms. The molecule has 0 atom stereocenters. The maximum atomic E-state index is 12.1. The Hall–Kier alpha value is -1.83. The molecule has 0 spiro atoms. The van der Waals surface area contributed by atoms with Crippen molar-refractivity contribution in [2.75, 3.05) is 0 Å². The SMILES string of the molecule is CC(C)(C)C(=O)C=c1[nH]c(=O)c(=Cc2csc(-c3ccsc3)n2)s1. The summed E-state index contributed by atoms with van der Waals surface area (Å²) < 4.78 is 1.12. The average Bonchev–Trinajstić information content (AvgIpc) is 3.20. The van der Waals surface area contributed by atoms with Gasteiger partial charge in [0.2, 0.25) is 0 Å². The molecule has 0 aliphatic rings. The summed E-state index contributed by atoms with van der Waals surface area (Å²) in [5.41, 5.74) is 1.18. The van der Waals surface area contributed by atoms with Crippen molar-refractivity contribution in [3.63, 3.8) is 0 Å². The first-order valence-electron chi connectivity index (χ1n) is 7.28. The Bertz CT molecular complexity index is 1030. The molecule has 0 radical (unpaired) electrons. The van der Waals surface area contributed by atoms with E-state index in [1.165, 1.54) is 17.4 Å². The zero-order valence-electron chi connectivity index (χ0n) is 13.5. The van der Waals surface area contributed by atoms with E-state index in [1.807, 2.05) is 43.0 Å². The van der Waals surface area contributed by atoms with Gasteiger partial charge in [-0.2, -0.15) is 11.3 Å². The first kappa shape index (κ1) is 17.0. The number of H-pyrrole nitrogens is 1. The van der Waals surface area contributed by atoms with Crippen molar-refractivity contribution in [1.29, 1.82) is 0 Å². The maximum Gasteiger partial charge on any atom is 0.266 e. The van der Waals surface area contributed by atoms with E-state index >= 15 is 0 Å². The highest BCUT2D eigenvalue weighted by atomic mass is 32.1. The second-order valence-electron chi connectivity index (χ2n) is 6.28. The second-order valence-corrected chi connectivity index (χ2v) is 9.00. The van der Waals surface area contributed by atoms with Crippen molar-refractivity contribution in [1.82, 2.24) is 9.97 Å². The molecule has 3 heterocycles. The van der Waals surface area contributed by atoms with Crippen LogP contribution in [0.2, 0.25) is 0 Å². The molecule has 0 unspecified atom stereocenters. The fourth-order valence-corrected chi connectivity index (χ4v) is 4.22. The number of nitrogens with zero attached hydrogens (tertiary/aromatic N) is 1. The fraction of sp³-hybridized carbons (Fsp3) is 0.235. The highest BCUT2D eigenvalue weighted by Gasteiger charge is 2.18. The number of rotatable bonds is 3. The predicted molar refractivity (Wildman–Crippen MR) is 102 cm³/mol. The summed E-state index contributed by atoms with van der Waals surface area (Å²) >= 11 is 4.45. The minimum Gasteiger partial charge on any atom is -0.313 e. The Labute approximate surface area is 150 Å². The molecule has 3 aromatic rings. The molecule has 0 aliphatic heterocycles. The van der Waals surface area contributed by atoms with Gasteiger partial charge in [-0.25, -0.2) is 4.98 Å². The molecule has 7 heteroatoms. The third-order valence-corrected chi connectivity index (χ3v) is 5.81. The van der Waals surface area contributed by atoms with Crippen molar-refractivity contribution < 1.29 is 4.79 Å². The van der Waals surface area contributed by atoms with Crippen LogP contribution in [0.1, 0.15) is 26.5 Å². The minimum absolute atomic E-state index is 0.0139. The van der Waals surface area contributed by atoms with Crippen molar-refractivity contribution in [3.8, 4) is 10.6 Å². The number of ketones is 1. The Balaban J connectivity index is 1.96. The van der Waals surface area contributed by atoms with Crippen molar-refractivity contribution in [2.45, 2.75) is 20.8 Å². The van der Waals surface area contributed by atoms with Crippen LogP contribution in [0.5, 0.6) is 0 Å². The molecule has 0 fully saturated rings. The third-order valence-electron chi connectivity index (χ3n) is 3.25. The molecule has 0 aromatic carbocycles. The van der Waals surface area contributed by atoms with Crippen LogP contribution in [-0.2, 0) is 4.79 Å². The Morgan fingerprint density at radius 1 is 1.29 bits per heavy atom. The molecule has 124 valence electrons. The molecule has 0 bridgehead atoms. The molecule has 0 saturated carbocycles. The Morgan fingerprint density at radius 3 is 2.75 bits per heavy atom. The third kappa shape index (κ3) is 3.80. The first-order valence-corrected chi connectivity index (χ1v) is 9.92. The number of thiophene rings is 1. The molecule has 3 aromatic heterocycles. The molecular weight excluding hydrogens is 360 g/mol. The maximum absolute atomic E-state index is 12.1. The molecule has 4 nitrogen and oxygen atoms in total. The van der Waals surface area contributed by atoms with Crippen LogP contribution in [-0.4, -0.2) is 15.8 Å². The number of hydrogen-bond donors (Lipinski definition) is 1. The van der Waals surface area contributed by atoms with Crippen LogP contribution in [0, 0.1) is 5.41 Å². The topological polar surface area (TPSA) is 62.8 Å². The number of carbonyl (C=O) groups is 1. The summed E-state index contributed by atoms with van der Waals surface area (Å²) in [7, 11) is 0. The lowest BCUT2D eigenvalue weighted by atomic mass is 9.91. The fourth-order valence-electron chi connectivity index (χ4n) is 1.87. The molecule has 0 amide bonds. The van der Waals surface area contributed by atoms with Gasteiger partial charge in [-0.05, 0) is 17.5 Å². The summed E-state index contributed by atoms with van der Waals surface area (Å²) in [5.74, 6) is -0.0139. The van der Waals surface area contributed by atoms with E-state index in [1.54, 1.807) is 28.7 Å². The first-order chi connectivity index (χ1) is 11.3. The van der Waals surface area contributed by atoms with E-state index in [4.69, 9.17) is 0 Å². The van der Waals surface area contributed by atoms with Crippen molar-refractivity contribution >= 4 is 51.9 Å². The van der Waals surface area contributed by atoms with Gasteiger partial charge in [-0.15, -0.1) is 22.7 Å². The largest absolute Gasteiger partial charge is 0.313 e. The van der Waals surface area contributed by atoms with Gasteiger partial charge in [0.1, 0.15) is 5.01 Å². The lowest BCUT2D eigenvalue weighted by Crippen LogP contribution is -2.22. The van der Waals surface area contributed by atoms with Gasteiger partial charge in [0.25, 0.3) is 5.56 Å². The van der Waals surface area contributed by atoms with E-state index in [0.29, 0.717) is 9.20 Å². The van der Waals surface area contributed by atoms with Crippen LogP contribution >= 0.6 is 34.0 Å². The molecule has 0 saturated heterocycles. The number of aromatic amines is 1. The lowest BCUT2D eigenvalue weighted by Gasteiger charge is -2.12. The summed E-state index contributed by atoms with van der Waals surface area (Å²) in [6, 6.07) is 2.02. The van der Waals surface area contributed by atoms with Crippen LogP contribution < -0.4 is 14.8 Å². The van der Waals surface area contributed by atoms with Crippen LogP contribution in [0.15, 0.2) is 27.0 Å². The Kier molecular flexibility index (Phi) is 4.67. The Morgan fingerprint density at radius 2 is 2.08 bits per heavy atom. The van der Waals surface area contributed by atoms with Crippen molar-refractivity contribution in [3.05, 3.63) is 47.4 Å². The summed E-state index contributed by atoms with van der Waals surface area (Å²) in [6.07, 6.45) is 3.26. The number of thiazole rings is 2. The zero-order chi connectivity index (χ0) is 17.3. The normalized spacial score (nSPS) is 13.6. The summed E-state index contributed by atoms with van der Waals surface area (Å²) in [6.45, 7) is 5.56. The lowest BCUT2D eigenvalue weighted by molar-refractivity contribution is -0.119. The molecule has 1 N–H and O–H groups in total. The van der Waals surface area contributed by atoms with Crippen LogP contribution in [0.3, 0.4) is 0 Å². The predicted octanol–water partition coefficient (Wildman–Crippen LogP) is 2.85. The number of Topliss-reactive ketones (excluding diaryl/α,β-unsaturated/α-hetero) is 1. The molecule has 0 aliphatic carbocycles. The summed E-state index contributed by atoms with van der Waals surface area (Å²) in [4.78, 5) is 31.4. The van der Waals surface area contributed by atoms with E-state index in [2.05, 4.69) is 9.97 Å². The van der Waals surface area contributed by atoms with Gasteiger partial charge in [0.05, 0.1) is 14.9 Å². The van der Waals surface area contributed by atoms with Crippen LogP contribution in [0.25, 0.3) is 22.7 Å². The van der Waals surface area contributed by atoms with Gasteiger partial charge < -0.3 is 4.98 Å². The second kappa shape index (κ2) is 6.58. The van der Waals surface area contributed by atoms with E-state index < -0.39 is 5.41 Å². The van der Waals surface area contributed by atoms with E-state index in [9.17, 15) is 9.59 Å². The highest BCUT2D eigenvalue weighted by Crippen LogP contribution is 2.25. The summed E-state index contributed by atoms with van der Waals surface area (Å²) in [5, 5.41) is 6.92. The number of aromatic nitrogens is 2. The highest BCUT2D eigenvalue weighted by molar-refractivity contribution is 7.14. The van der Waals surface area contributed by atoms with Gasteiger partial charge >= 0.3 is 0 Å². The quantitative estimate of drug-likeness (QED) is 0.764. The molecular formula is C17H16N2O2S3. The van der Waals surface area contributed by atoms with Crippen LogP contribution in [0.4, 0.5) is 0 Å². The average molecular weight is 377 g/mol. The van der Waals surface area contributed by atoms with E-state index in [-0.39, 0.29) is 11.3 Å². The monoisotopic (exact) mass is 376 g/mol. The number of carbonyl (C=O) groups excluding carboxylic acids is 1. The van der Waals surface area contributed by atoms with Gasteiger partial charge in [-0.3, -0.25) is 9.59 Å². The van der Waals surface area contributed by atoms with E-state index in [0.717, 1.165) is 16.3 Å². The number of hydrogen-bond acceptors (Lipinski definition) is 6. The van der Waals surface area contributed by atoms with Gasteiger partial charge in [-0.1, -0.05) is 20.8 Å². The number of nitrogens with one attached hydrogen (secondary N) is 1. The standard InChI is InChI=1S/C17H16N2O2S3/c1-17(2,3)13(20)7-14-19-15(21)12(24-14)6-11-9-23-16(18-11)10-4-5-22-8-10/h4-9H,1-3H3,(H,19,21). The van der Waals surface area contributed by atoms with Gasteiger partial charge in [0, 0.05) is 27.8 Å².